The molecular weight excluding hydrogens is 429 g/mol. The van der Waals surface area contributed by atoms with Crippen molar-refractivity contribution in [3.05, 3.63) is 40.7 Å². The van der Waals surface area contributed by atoms with E-state index in [1.807, 2.05) is 13.0 Å². The third-order valence-corrected chi connectivity index (χ3v) is 7.26. The fourth-order valence-corrected chi connectivity index (χ4v) is 4.80. The largest absolute Gasteiger partial charge is 0.394 e. The van der Waals surface area contributed by atoms with Crippen molar-refractivity contribution in [2.24, 2.45) is 0 Å². The summed E-state index contributed by atoms with van der Waals surface area (Å²) in [7, 11) is -3.68. The van der Waals surface area contributed by atoms with Gasteiger partial charge in [-0.05, 0) is 43.9 Å². The summed E-state index contributed by atoms with van der Waals surface area (Å²) in [6, 6.07) is 4.79. The minimum Gasteiger partial charge on any atom is -0.394 e. The second-order valence-corrected chi connectivity index (χ2v) is 9.89. The van der Waals surface area contributed by atoms with E-state index in [1.54, 1.807) is 19.9 Å². The van der Waals surface area contributed by atoms with Gasteiger partial charge in [0.1, 0.15) is 17.5 Å². The van der Waals surface area contributed by atoms with Gasteiger partial charge in [-0.25, -0.2) is 14.4 Å². The second kappa shape index (κ2) is 9.46. The van der Waals surface area contributed by atoms with Crippen molar-refractivity contribution in [1.29, 1.82) is 0 Å². The number of thioether (sulfide) groups is 1. The van der Waals surface area contributed by atoms with Crippen LogP contribution in [0.4, 0.5) is 16.0 Å². The van der Waals surface area contributed by atoms with Gasteiger partial charge in [-0.1, -0.05) is 23.9 Å². The summed E-state index contributed by atoms with van der Waals surface area (Å²) in [5, 5.41) is 12.6. The molecule has 0 amide bonds. The monoisotopic (exact) mass is 455 g/mol. The van der Waals surface area contributed by atoms with Gasteiger partial charge in [0.05, 0.1) is 6.61 Å². The molecule has 2 aromatic rings. The Labute approximate surface area is 180 Å². The maximum Gasteiger partial charge on any atom is 0.302 e. The lowest BCUT2D eigenvalue weighted by atomic mass is 10.1. The van der Waals surface area contributed by atoms with Crippen LogP contribution in [-0.2, 0) is 16.0 Å². The van der Waals surface area contributed by atoms with Crippen LogP contribution < -0.4 is 10.0 Å². The number of aryl methyl sites for hydroxylation is 1. The molecule has 1 aliphatic heterocycles. The normalized spacial score (nSPS) is 15.5. The molecular formula is C19H26FN5O3S2. The Hall–Kier alpha value is -1.95. The SMILES string of the molecule is Cc1ccc(CSc2nc(N[C@H](C)CO)cc(NS(=O)(=O)N3CCC3)n2)c(F)c1C. The highest BCUT2D eigenvalue weighted by Gasteiger charge is 2.28. The maximum absolute atomic E-state index is 14.5. The quantitative estimate of drug-likeness (QED) is 0.394. The molecule has 0 aliphatic carbocycles. The Morgan fingerprint density at radius 1 is 1.27 bits per heavy atom. The number of nitrogens with zero attached hydrogens (tertiary/aromatic N) is 3. The first-order chi connectivity index (χ1) is 14.2. The molecule has 3 rings (SSSR count). The van der Waals surface area contributed by atoms with Gasteiger partial charge >= 0.3 is 10.2 Å². The number of hydrogen-bond donors (Lipinski definition) is 3. The topological polar surface area (TPSA) is 107 Å². The molecule has 30 heavy (non-hydrogen) atoms. The van der Waals surface area contributed by atoms with Gasteiger partial charge in [0.25, 0.3) is 0 Å². The van der Waals surface area contributed by atoms with Crippen LogP contribution in [0.3, 0.4) is 0 Å². The van der Waals surface area contributed by atoms with Crippen molar-refractivity contribution in [3.63, 3.8) is 0 Å². The van der Waals surface area contributed by atoms with Crippen LogP contribution in [0.1, 0.15) is 30.0 Å². The number of anilines is 2. The van der Waals surface area contributed by atoms with Gasteiger partial charge in [-0.15, -0.1) is 0 Å². The van der Waals surface area contributed by atoms with E-state index in [2.05, 4.69) is 20.0 Å². The van der Waals surface area contributed by atoms with Gasteiger partial charge in [0, 0.05) is 31.0 Å². The third kappa shape index (κ3) is 5.39. The minimum atomic E-state index is -3.68. The molecule has 3 N–H and O–H groups in total. The van der Waals surface area contributed by atoms with Crippen LogP contribution in [0, 0.1) is 19.7 Å². The zero-order valence-electron chi connectivity index (χ0n) is 17.1. The van der Waals surface area contributed by atoms with Crippen molar-refractivity contribution in [3.8, 4) is 0 Å². The first-order valence-electron chi connectivity index (χ1n) is 9.61. The van der Waals surface area contributed by atoms with Crippen molar-refractivity contribution in [1.82, 2.24) is 14.3 Å². The highest BCUT2D eigenvalue weighted by molar-refractivity contribution is 7.98. The van der Waals surface area contributed by atoms with Gasteiger partial charge in [0.2, 0.25) is 0 Å². The van der Waals surface area contributed by atoms with Crippen molar-refractivity contribution < 1.29 is 17.9 Å². The summed E-state index contributed by atoms with van der Waals surface area (Å²) in [5.74, 6) is 0.525. The number of benzene rings is 1. The van der Waals surface area contributed by atoms with Crippen molar-refractivity contribution >= 4 is 33.6 Å². The van der Waals surface area contributed by atoms with Gasteiger partial charge < -0.3 is 10.4 Å². The summed E-state index contributed by atoms with van der Waals surface area (Å²) in [4.78, 5) is 8.66. The zero-order chi connectivity index (χ0) is 21.9. The number of halogens is 1. The zero-order valence-corrected chi connectivity index (χ0v) is 18.8. The first-order valence-corrected chi connectivity index (χ1v) is 12.0. The summed E-state index contributed by atoms with van der Waals surface area (Å²) in [5.41, 5.74) is 2.00. The van der Waals surface area contributed by atoms with Crippen LogP contribution >= 0.6 is 11.8 Å². The van der Waals surface area contributed by atoms with E-state index >= 15 is 0 Å². The number of aliphatic hydroxyl groups is 1. The molecule has 1 fully saturated rings. The summed E-state index contributed by atoms with van der Waals surface area (Å²) in [6.07, 6.45) is 0.828. The molecule has 8 nitrogen and oxygen atoms in total. The number of aliphatic hydroxyl groups excluding tert-OH is 1. The number of hydrogen-bond acceptors (Lipinski definition) is 7. The summed E-state index contributed by atoms with van der Waals surface area (Å²) < 4.78 is 43.1. The first kappa shape index (κ1) is 22.7. The van der Waals surface area contributed by atoms with Gasteiger partial charge in [-0.2, -0.15) is 12.7 Å². The number of aromatic nitrogens is 2. The minimum absolute atomic E-state index is 0.116. The van der Waals surface area contributed by atoms with Crippen LogP contribution in [0.2, 0.25) is 0 Å². The van der Waals surface area contributed by atoms with E-state index in [0.717, 1.165) is 12.0 Å². The highest BCUT2D eigenvalue weighted by atomic mass is 32.2. The predicted octanol–water partition coefficient (Wildman–Crippen LogP) is 2.68. The predicted molar refractivity (Wildman–Crippen MR) is 116 cm³/mol. The van der Waals surface area contributed by atoms with E-state index < -0.39 is 10.2 Å². The van der Waals surface area contributed by atoms with E-state index in [-0.39, 0.29) is 24.3 Å². The molecule has 0 radical (unpaired) electrons. The average Bonchev–Trinajstić information content (AvgIpc) is 2.63. The Kier molecular flexibility index (Phi) is 7.17. The van der Waals surface area contributed by atoms with Crippen molar-refractivity contribution in [2.45, 2.75) is 44.1 Å². The van der Waals surface area contributed by atoms with Crippen LogP contribution in [0.15, 0.2) is 23.4 Å². The van der Waals surface area contributed by atoms with Crippen LogP contribution in [0.5, 0.6) is 0 Å². The van der Waals surface area contributed by atoms with E-state index in [4.69, 9.17) is 0 Å². The fourth-order valence-electron chi connectivity index (χ4n) is 2.73. The molecule has 0 spiro atoms. The molecule has 164 valence electrons. The smallest absolute Gasteiger partial charge is 0.302 e. The molecule has 1 aromatic heterocycles. The Morgan fingerprint density at radius 2 is 1.97 bits per heavy atom. The lowest BCUT2D eigenvalue weighted by Crippen LogP contribution is -2.45. The third-order valence-electron chi connectivity index (χ3n) is 4.86. The highest BCUT2D eigenvalue weighted by Crippen LogP contribution is 2.27. The maximum atomic E-state index is 14.5. The molecule has 0 saturated carbocycles. The van der Waals surface area contributed by atoms with E-state index in [1.165, 1.54) is 22.1 Å². The van der Waals surface area contributed by atoms with Gasteiger partial charge in [0.15, 0.2) is 5.16 Å². The molecule has 1 atom stereocenters. The van der Waals surface area contributed by atoms with Gasteiger partial charge in [-0.3, -0.25) is 4.72 Å². The molecule has 1 aliphatic rings. The Morgan fingerprint density at radius 3 is 2.60 bits per heavy atom. The summed E-state index contributed by atoms with van der Waals surface area (Å²) >= 11 is 1.21. The van der Waals surface area contributed by atoms with Crippen LogP contribution in [0.25, 0.3) is 0 Å². The summed E-state index contributed by atoms with van der Waals surface area (Å²) in [6.45, 7) is 6.19. The average molecular weight is 456 g/mol. The Bertz CT molecular complexity index is 1020. The standard InChI is InChI=1S/C19H26FN5O3S2/c1-12-5-6-15(18(20)14(12)3)11-29-19-22-16(21-13(2)10-26)9-17(23-19)24-30(27,28)25-7-4-8-25/h5-6,9,13,26H,4,7-8,10-11H2,1-3H3,(H2,21,22,23,24)/t13-/m1/s1. The number of rotatable bonds is 9. The molecule has 1 aromatic carbocycles. The van der Waals surface area contributed by atoms with Crippen molar-refractivity contribution in [2.75, 3.05) is 29.7 Å². The van der Waals surface area contributed by atoms with Crippen LogP contribution in [-0.4, -0.2) is 53.5 Å². The lowest BCUT2D eigenvalue weighted by Gasteiger charge is -2.29. The molecule has 0 bridgehead atoms. The second-order valence-electron chi connectivity index (χ2n) is 7.28. The number of nitrogens with one attached hydrogen (secondary N) is 2. The fraction of sp³-hybridized carbons (Fsp3) is 0.474. The van der Waals surface area contributed by atoms with E-state index in [0.29, 0.717) is 40.9 Å². The molecule has 1 saturated heterocycles. The molecule has 0 unspecified atom stereocenters. The van der Waals surface area contributed by atoms with E-state index in [9.17, 15) is 17.9 Å². The molecule has 2 heterocycles. The lowest BCUT2D eigenvalue weighted by molar-refractivity contribution is 0.281. The molecule has 11 heteroatoms. The Balaban J connectivity index is 1.83.